The molecule has 7 rings (SSSR count). The van der Waals surface area contributed by atoms with Crippen LogP contribution in [0.5, 0.6) is 6.01 Å². The van der Waals surface area contributed by atoms with Crippen molar-refractivity contribution < 1.29 is 23.4 Å². The number of halogens is 2. The highest BCUT2D eigenvalue weighted by atomic mass is 32.1. The van der Waals surface area contributed by atoms with Crippen LogP contribution >= 0.6 is 11.3 Å². The molecule has 0 bridgehead atoms. The minimum Gasteiger partial charge on any atom is -0.463 e. The van der Waals surface area contributed by atoms with Crippen molar-refractivity contribution in [1.82, 2.24) is 19.9 Å². The molecule has 9 nitrogen and oxygen atoms in total. The van der Waals surface area contributed by atoms with Crippen molar-refractivity contribution >= 4 is 37.3 Å². The lowest BCUT2D eigenvalue weighted by molar-refractivity contribution is -0.0693. The van der Waals surface area contributed by atoms with Crippen LogP contribution in [0.3, 0.4) is 0 Å². The van der Waals surface area contributed by atoms with Crippen molar-refractivity contribution in [2.75, 3.05) is 32.0 Å². The number of anilines is 1. The third-order valence-electron chi connectivity index (χ3n) is 8.70. The monoisotopic (exact) mass is 578 g/mol. The highest BCUT2D eigenvalue weighted by Crippen LogP contribution is 2.48. The average molecular weight is 579 g/mol. The number of pyridine rings is 1. The maximum Gasteiger partial charge on any atom is 0.317 e. The molecule has 3 N–H and O–H groups in total. The van der Waals surface area contributed by atoms with Crippen molar-refractivity contribution in [3.05, 3.63) is 40.7 Å². The zero-order valence-corrected chi connectivity index (χ0v) is 23.4. The van der Waals surface area contributed by atoms with Crippen LogP contribution in [-0.2, 0) is 18.0 Å². The summed E-state index contributed by atoms with van der Waals surface area (Å²) in [5, 5.41) is 20.8. The molecule has 2 fully saturated rings. The number of aliphatic hydroxyl groups is 1. The van der Waals surface area contributed by atoms with Crippen LogP contribution in [0, 0.1) is 34.3 Å². The van der Waals surface area contributed by atoms with Crippen LogP contribution in [0.4, 0.5) is 13.8 Å². The van der Waals surface area contributed by atoms with Crippen LogP contribution in [0.1, 0.15) is 43.4 Å². The SMILES string of the molecule is CC(C)(O)C1CN(CC2(COc3ncc4c5c(c(-c6ncc(F)c7sc(N)c(C#N)c67)c(F)c4n3)COC5)CC2)C1. The summed E-state index contributed by atoms with van der Waals surface area (Å²) in [6.45, 7) is 7.04. The Bertz CT molecular complexity index is 1770. The number of likely N-dealkylation sites (tertiary alicyclic amines) is 1. The van der Waals surface area contributed by atoms with Crippen LogP contribution < -0.4 is 10.5 Å². The van der Waals surface area contributed by atoms with Gasteiger partial charge in [-0.15, -0.1) is 11.3 Å². The van der Waals surface area contributed by atoms with Crippen molar-refractivity contribution in [1.29, 1.82) is 5.26 Å². The van der Waals surface area contributed by atoms with Gasteiger partial charge in [-0.2, -0.15) is 10.2 Å². The fraction of sp³-hybridized carbons (Fsp3) is 0.448. The molecule has 1 saturated carbocycles. The molecule has 41 heavy (non-hydrogen) atoms. The second kappa shape index (κ2) is 9.25. The van der Waals surface area contributed by atoms with Gasteiger partial charge in [0.15, 0.2) is 11.6 Å². The Balaban J connectivity index is 1.23. The highest BCUT2D eigenvalue weighted by Gasteiger charge is 2.48. The Morgan fingerprint density at radius 1 is 1.24 bits per heavy atom. The van der Waals surface area contributed by atoms with Crippen LogP contribution in [0.25, 0.3) is 32.2 Å². The van der Waals surface area contributed by atoms with Gasteiger partial charge in [0.05, 0.1) is 47.6 Å². The van der Waals surface area contributed by atoms with Gasteiger partial charge in [0.25, 0.3) is 0 Å². The summed E-state index contributed by atoms with van der Waals surface area (Å²) < 4.78 is 43.0. The van der Waals surface area contributed by atoms with E-state index in [1.807, 2.05) is 19.9 Å². The second-order valence-electron chi connectivity index (χ2n) is 12.0. The molecule has 212 valence electrons. The Labute approximate surface area is 238 Å². The molecule has 3 aromatic heterocycles. The lowest BCUT2D eigenvalue weighted by atomic mass is 9.84. The number of nitriles is 1. The normalized spacial score (nSPS) is 18.4. The summed E-state index contributed by atoms with van der Waals surface area (Å²) in [6, 6.07) is 2.09. The molecular formula is C29H28F2N6O3S. The Kier molecular flexibility index (Phi) is 5.96. The molecule has 12 heteroatoms. The summed E-state index contributed by atoms with van der Waals surface area (Å²) in [7, 11) is 0. The molecule has 1 saturated heterocycles. The van der Waals surface area contributed by atoms with Gasteiger partial charge in [-0.1, -0.05) is 0 Å². The second-order valence-corrected chi connectivity index (χ2v) is 13.1. The Morgan fingerprint density at radius 3 is 2.71 bits per heavy atom. The quantitative estimate of drug-likeness (QED) is 0.325. The van der Waals surface area contributed by atoms with E-state index < -0.39 is 17.2 Å². The van der Waals surface area contributed by atoms with Gasteiger partial charge >= 0.3 is 6.01 Å². The first-order chi connectivity index (χ1) is 19.6. The van der Waals surface area contributed by atoms with Gasteiger partial charge in [0, 0.05) is 53.5 Å². The minimum atomic E-state index is -0.682. The number of nitrogens with two attached hydrogens (primary N) is 1. The summed E-state index contributed by atoms with van der Waals surface area (Å²) in [5.41, 5.74) is 6.98. The molecule has 0 atom stereocenters. The summed E-state index contributed by atoms with van der Waals surface area (Å²) in [5.74, 6) is -1.03. The minimum absolute atomic E-state index is 0.00538. The molecule has 3 aliphatic rings. The fourth-order valence-electron chi connectivity index (χ4n) is 5.96. The molecule has 2 aliphatic heterocycles. The van der Waals surface area contributed by atoms with Crippen molar-refractivity contribution in [2.45, 2.75) is 45.5 Å². The molecular weight excluding hydrogens is 550 g/mol. The molecule has 1 aromatic carbocycles. The first-order valence-electron chi connectivity index (χ1n) is 13.5. The molecule has 0 unspecified atom stereocenters. The van der Waals surface area contributed by atoms with Gasteiger partial charge in [-0.3, -0.25) is 4.98 Å². The van der Waals surface area contributed by atoms with E-state index >= 15 is 4.39 Å². The summed E-state index contributed by atoms with van der Waals surface area (Å²) in [4.78, 5) is 15.4. The number of hydrogen-bond acceptors (Lipinski definition) is 10. The Hall–Kier alpha value is -3.50. The van der Waals surface area contributed by atoms with E-state index in [0.29, 0.717) is 17.6 Å². The molecule has 5 heterocycles. The van der Waals surface area contributed by atoms with Gasteiger partial charge in [0.1, 0.15) is 16.6 Å². The van der Waals surface area contributed by atoms with E-state index in [1.165, 1.54) is 0 Å². The number of benzene rings is 1. The van der Waals surface area contributed by atoms with Crippen LogP contribution in [-0.4, -0.2) is 56.8 Å². The number of ether oxygens (including phenoxy) is 2. The van der Waals surface area contributed by atoms with Gasteiger partial charge in [-0.05, 0) is 37.8 Å². The summed E-state index contributed by atoms with van der Waals surface area (Å²) >= 11 is 0.935. The predicted molar refractivity (Wildman–Crippen MR) is 149 cm³/mol. The summed E-state index contributed by atoms with van der Waals surface area (Å²) in [6.07, 6.45) is 4.61. The third kappa shape index (κ3) is 4.30. The van der Waals surface area contributed by atoms with Crippen LogP contribution in [0.15, 0.2) is 12.4 Å². The number of hydrogen-bond donors (Lipinski definition) is 2. The van der Waals surface area contributed by atoms with Crippen molar-refractivity contribution in [3.63, 3.8) is 0 Å². The molecule has 0 spiro atoms. The maximum absolute atomic E-state index is 16.4. The topological polar surface area (TPSA) is 130 Å². The predicted octanol–water partition coefficient (Wildman–Crippen LogP) is 4.53. The lowest BCUT2D eigenvalue weighted by Gasteiger charge is -2.46. The number of nitrogens with zero attached hydrogens (tertiary/aromatic N) is 5. The zero-order valence-electron chi connectivity index (χ0n) is 22.6. The first-order valence-corrected chi connectivity index (χ1v) is 14.3. The lowest BCUT2D eigenvalue weighted by Crippen LogP contribution is -2.57. The molecule has 0 radical (unpaired) electrons. The van der Waals surface area contributed by atoms with E-state index in [-0.39, 0.29) is 68.0 Å². The van der Waals surface area contributed by atoms with E-state index in [4.69, 9.17) is 15.2 Å². The van der Waals surface area contributed by atoms with E-state index in [0.717, 1.165) is 55.6 Å². The third-order valence-corrected chi connectivity index (χ3v) is 9.73. The Morgan fingerprint density at radius 2 is 2.00 bits per heavy atom. The number of aromatic nitrogens is 3. The maximum atomic E-state index is 16.4. The molecule has 1 aliphatic carbocycles. The van der Waals surface area contributed by atoms with Gasteiger partial charge in [0.2, 0.25) is 0 Å². The van der Waals surface area contributed by atoms with E-state index in [2.05, 4.69) is 19.9 Å². The van der Waals surface area contributed by atoms with Gasteiger partial charge in [-0.25, -0.2) is 13.8 Å². The number of thiophene rings is 1. The smallest absolute Gasteiger partial charge is 0.317 e. The fourth-order valence-corrected chi connectivity index (χ4v) is 6.88. The molecule has 4 aromatic rings. The van der Waals surface area contributed by atoms with Crippen molar-refractivity contribution in [3.8, 4) is 23.3 Å². The standard InChI is InChI=1S/C29H28F2N6O3S/c1-28(2,38)14-8-37(9-14)12-29(3-4-29)13-40-27-35-6-16-17-10-39-11-18(17)20(22(31)23(16)36-27)24-21-15(5-32)26(33)41-25(21)19(30)7-34-24/h6-7,14,38H,3-4,8-13,33H2,1-2H3. The average Bonchev–Trinajstić information content (AvgIpc) is 3.34. The first kappa shape index (κ1) is 26.4. The largest absolute Gasteiger partial charge is 0.463 e. The van der Waals surface area contributed by atoms with Crippen molar-refractivity contribution in [2.24, 2.45) is 11.3 Å². The number of rotatable bonds is 7. The number of fused-ring (bicyclic) bond motifs is 4. The van der Waals surface area contributed by atoms with E-state index in [9.17, 15) is 14.8 Å². The molecule has 0 amide bonds. The highest BCUT2D eigenvalue weighted by molar-refractivity contribution is 7.23. The zero-order chi connectivity index (χ0) is 28.7. The van der Waals surface area contributed by atoms with Crippen LogP contribution in [0.2, 0.25) is 0 Å². The number of nitrogen functional groups attached to an aromatic ring is 1. The van der Waals surface area contributed by atoms with E-state index in [1.54, 1.807) is 6.20 Å². The van der Waals surface area contributed by atoms with Gasteiger partial charge < -0.3 is 25.2 Å².